The molecule has 4 rings (SSSR count). The summed E-state index contributed by atoms with van der Waals surface area (Å²) in [7, 11) is 0. The van der Waals surface area contributed by atoms with Gasteiger partial charge < -0.3 is 26.8 Å². The number of hydrogen-bond donors (Lipinski definition) is 5. The van der Waals surface area contributed by atoms with Gasteiger partial charge in [-0.2, -0.15) is 0 Å². The number of carbonyl (C=O) groups is 4. The third kappa shape index (κ3) is 9.70. The summed E-state index contributed by atoms with van der Waals surface area (Å²) >= 11 is 0. The van der Waals surface area contributed by atoms with Crippen molar-refractivity contribution < 1.29 is 24.3 Å². The van der Waals surface area contributed by atoms with Crippen LogP contribution in [0.5, 0.6) is 0 Å². The lowest BCUT2D eigenvalue weighted by Crippen LogP contribution is -2.54. The summed E-state index contributed by atoms with van der Waals surface area (Å²) in [6.07, 6.45) is -1.31. The van der Waals surface area contributed by atoms with Crippen molar-refractivity contribution >= 4 is 34.5 Å². The van der Waals surface area contributed by atoms with E-state index >= 15 is 0 Å². The number of nitrogens with one attached hydrogen (secondary N) is 3. The zero-order valence-corrected chi connectivity index (χ0v) is 27.5. The second-order valence-corrected chi connectivity index (χ2v) is 13.0. The Bertz CT molecular complexity index is 1770. The summed E-state index contributed by atoms with van der Waals surface area (Å²) in [5, 5.41) is 20.9. The molecule has 0 saturated carbocycles. The van der Waals surface area contributed by atoms with Gasteiger partial charge in [-0.15, -0.1) is 0 Å². The first-order valence-corrected chi connectivity index (χ1v) is 15.6. The maximum Gasteiger partial charge on any atom is 0.270 e. The number of benzene rings is 3. The van der Waals surface area contributed by atoms with E-state index in [0.717, 1.165) is 22.1 Å². The molecule has 3 aromatic carbocycles. The Kier molecular flexibility index (Phi) is 11.1. The van der Waals surface area contributed by atoms with Crippen LogP contribution < -0.4 is 21.7 Å². The lowest BCUT2D eigenvalue weighted by molar-refractivity contribution is -0.128. The summed E-state index contributed by atoms with van der Waals surface area (Å²) in [5.41, 5.74) is 9.60. The van der Waals surface area contributed by atoms with E-state index < -0.39 is 47.9 Å². The molecule has 246 valence electrons. The summed E-state index contributed by atoms with van der Waals surface area (Å²) < 4.78 is 0. The minimum atomic E-state index is -1.33. The molecule has 0 spiro atoms. The van der Waals surface area contributed by atoms with Crippen LogP contribution in [0.15, 0.2) is 78.9 Å². The van der Waals surface area contributed by atoms with E-state index in [1.165, 1.54) is 0 Å². The maximum atomic E-state index is 13.7. The monoisotopic (exact) mass is 637 g/mol. The highest BCUT2D eigenvalue weighted by atomic mass is 16.3. The number of nitrogens with two attached hydrogens (primary N) is 1. The number of aryl methyl sites for hydroxylation is 2. The Balaban J connectivity index is 1.58. The molecule has 1 heterocycles. The predicted octanol–water partition coefficient (Wildman–Crippen LogP) is 3.68. The van der Waals surface area contributed by atoms with Crippen molar-refractivity contribution in [2.24, 2.45) is 5.73 Å². The SMILES string of the molecule is Cc1cc(C)c2ccc(C(=O)N[C@@H](CC(N)=O)C(=O)N[C@@H](Cc3ccccc3)[C@H](O)Cc3ccccc3C(=O)NC(C)(C)C)nc2c1. The zero-order valence-electron chi connectivity index (χ0n) is 27.5. The van der Waals surface area contributed by atoms with Crippen molar-refractivity contribution in [2.45, 2.75) is 77.6 Å². The van der Waals surface area contributed by atoms with E-state index in [0.29, 0.717) is 16.6 Å². The van der Waals surface area contributed by atoms with Crippen LogP contribution in [0.25, 0.3) is 10.9 Å². The molecule has 3 atom stereocenters. The quantitative estimate of drug-likeness (QED) is 0.159. The van der Waals surface area contributed by atoms with E-state index in [9.17, 15) is 24.3 Å². The number of aromatic nitrogens is 1. The Morgan fingerprint density at radius 3 is 2.21 bits per heavy atom. The first-order chi connectivity index (χ1) is 22.2. The molecule has 0 aliphatic carbocycles. The Labute approximate surface area is 275 Å². The Morgan fingerprint density at radius 2 is 1.53 bits per heavy atom. The molecule has 6 N–H and O–H groups in total. The van der Waals surface area contributed by atoms with Crippen molar-refractivity contribution in [1.82, 2.24) is 20.9 Å². The molecule has 4 amide bonds. The van der Waals surface area contributed by atoms with Gasteiger partial charge in [-0.05, 0) is 81.5 Å². The summed E-state index contributed by atoms with van der Waals surface area (Å²) in [6, 6.07) is 21.4. The van der Waals surface area contributed by atoms with E-state index in [2.05, 4.69) is 20.9 Å². The van der Waals surface area contributed by atoms with Crippen LogP contribution in [-0.2, 0) is 22.4 Å². The van der Waals surface area contributed by atoms with Gasteiger partial charge in [-0.25, -0.2) is 4.98 Å². The zero-order chi connectivity index (χ0) is 34.3. The van der Waals surface area contributed by atoms with Gasteiger partial charge in [0, 0.05) is 22.9 Å². The Hall–Kier alpha value is -5.09. The molecule has 0 unspecified atom stereocenters. The number of rotatable bonds is 12. The number of primary amides is 1. The fourth-order valence-corrected chi connectivity index (χ4v) is 5.49. The van der Waals surface area contributed by atoms with Gasteiger partial charge in [0.1, 0.15) is 11.7 Å². The summed E-state index contributed by atoms with van der Waals surface area (Å²) in [5.74, 6) is -2.40. The first kappa shape index (κ1) is 34.8. The van der Waals surface area contributed by atoms with Crippen LogP contribution in [0, 0.1) is 13.8 Å². The number of fused-ring (bicyclic) bond motifs is 1. The number of amides is 4. The smallest absolute Gasteiger partial charge is 0.270 e. The molecule has 10 nitrogen and oxygen atoms in total. The highest BCUT2D eigenvalue weighted by Gasteiger charge is 2.30. The second-order valence-electron chi connectivity index (χ2n) is 13.0. The molecule has 0 aliphatic rings. The number of nitrogens with zero attached hydrogens (tertiary/aromatic N) is 1. The number of pyridine rings is 1. The summed E-state index contributed by atoms with van der Waals surface area (Å²) in [4.78, 5) is 56.6. The molecule has 1 aromatic heterocycles. The van der Waals surface area contributed by atoms with Crippen LogP contribution in [-0.4, -0.2) is 57.4 Å². The third-order valence-electron chi connectivity index (χ3n) is 7.69. The molecule has 0 bridgehead atoms. The molecule has 0 radical (unpaired) electrons. The molecule has 47 heavy (non-hydrogen) atoms. The van der Waals surface area contributed by atoms with Crippen LogP contribution in [0.2, 0.25) is 0 Å². The highest BCUT2D eigenvalue weighted by molar-refractivity contribution is 5.99. The number of hydrogen-bond acceptors (Lipinski definition) is 6. The predicted molar refractivity (Wildman–Crippen MR) is 182 cm³/mol. The van der Waals surface area contributed by atoms with Gasteiger partial charge in [-0.1, -0.05) is 60.7 Å². The van der Waals surface area contributed by atoms with Gasteiger partial charge in [0.2, 0.25) is 11.8 Å². The molecular weight excluding hydrogens is 594 g/mol. The van der Waals surface area contributed by atoms with Gasteiger partial charge in [0.15, 0.2) is 0 Å². The topological polar surface area (TPSA) is 164 Å². The van der Waals surface area contributed by atoms with E-state index in [-0.39, 0.29) is 24.4 Å². The van der Waals surface area contributed by atoms with Crippen molar-refractivity contribution in [1.29, 1.82) is 0 Å². The minimum absolute atomic E-state index is 0.0538. The Morgan fingerprint density at radius 1 is 0.851 bits per heavy atom. The van der Waals surface area contributed by atoms with Crippen molar-refractivity contribution in [2.75, 3.05) is 0 Å². The fraction of sp³-hybridized carbons (Fsp3) is 0.324. The largest absolute Gasteiger partial charge is 0.391 e. The third-order valence-corrected chi connectivity index (χ3v) is 7.69. The van der Waals surface area contributed by atoms with Crippen molar-refractivity contribution in [3.63, 3.8) is 0 Å². The molecular formula is C37H43N5O5. The minimum Gasteiger partial charge on any atom is -0.391 e. The van der Waals surface area contributed by atoms with E-state index in [1.807, 2.05) is 77.1 Å². The second kappa shape index (κ2) is 15.0. The van der Waals surface area contributed by atoms with Crippen LogP contribution >= 0.6 is 0 Å². The summed E-state index contributed by atoms with van der Waals surface area (Å²) in [6.45, 7) is 9.55. The van der Waals surface area contributed by atoms with Gasteiger partial charge >= 0.3 is 0 Å². The average molecular weight is 638 g/mol. The lowest BCUT2D eigenvalue weighted by Gasteiger charge is -2.28. The van der Waals surface area contributed by atoms with Crippen molar-refractivity contribution in [3.05, 3.63) is 112 Å². The van der Waals surface area contributed by atoms with Gasteiger partial charge in [0.25, 0.3) is 11.8 Å². The molecule has 0 saturated heterocycles. The molecule has 10 heteroatoms. The lowest BCUT2D eigenvalue weighted by atomic mass is 9.93. The maximum absolute atomic E-state index is 13.7. The van der Waals surface area contributed by atoms with E-state index in [1.54, 1.807) is 36.4 Å². The molecule has 0 fully saturated rings. The van der Waals surface area contributed by atoms with Crippen molar-refractivity contribution in [3.8, 4) is 0 Å². The molecule has 0 aliphatic heterocycles. The van der Waals surface area contributed by atoms with Crippen LogP contribution in [0.1, 0.15) is 70.3 Å². The number of aliphatic hydroxyl groups excluding tert-OH is 1. The van der Waals surface area contributed by atoms with Gasteiger partial charge in [0.05, 0.1) is 24.1 Å². The normalized spacial score (nSPS) is 13.3. The first-order valence-electron chi connectivity index (χ1n) is 15.6. The fourth-order valence-electron chi connectivity index (χ4n) is 5.49. The van der Waals surface area contributed by atoms with E-state index in [4.69, 9.17) is 5.73 Å². The molecule has 4 aromatic rings. The standard InChI is InChI=1S/C37H43N5O5/c1-22-17-23(2)26-15-16-28(39-29(26)18-22)35(46)41-31(21-33(38)44)36(47)40-30(19-24-11-7-6-8-12-24)32(43)20-25-13-9-10-14-27(25)34(45)42-37(3,4)5/h6-18,30-32,43H,19-21H2,1-5H3,(H2,38,44)(H,40,47)(H,41,46)(H,42,45)/t30-,31-,32+/m0/s1. The number of carbonyl (C=O) groups excluding carboxylic acids is 4. The highest BCUT2D eigenvalue weighted by Crippen LogP contribution is 2.20. The van der Waals surface area contributed by atoms with Gasteiger partial charge in [-0.3, -0.25) is 19.2 Å². The van der Waals surface area contributed by atoms with Crippen LogP contribution in [0.3, 0.4) is 0 Å². The number of aliphatic hydroxyl groups is 1. The van der Waals surface area contributed by atoms with Crippen LogP contribution in [0.4, 0.5) is 0 Å². The average Bonchev–Trinajstić information content (AvgIpc) is 2.99.